The van der Waals surface area contributed by atoms with E-state index in [1.807, 2.05) is 45.0 Å². The molecule has 1 heterocycles. The molecule has 2 rings (SSSR count). The summed E-state index contributed by atoms with van der Waals surface area (Å²) in [6.45, 7) is 6.89. The molecule has 0 aliphatic heterocycles. The molecule has 0 saturated carbocycles. The summed E-state index contributed by atoms with van der Waals surface area (Å²) in [4.78, 5) is 9.68. The van der Waals surface area contributed by atoms with Crippen LogP contribution >= 0.6 is 0 Å². The van der Waals surface area contributed by atoms with Gasteiger partial charge in [0.1, 0.15) is 11.3 Å². The first kappa shape index (κ1) is 20.8. The fourth-order valence-corrected chi connectivity index (χ4v) is 2.39. The second-order valence-corrected chi connectivity index (χ2v) is 5.83. The van der Waals surface area contributed by atoms with E-state index in [1.165, 1.54) is 0 Å². The van der Waals surface area contributed by atoms with Crippen LogP contribution in [0.15, 0.2) is 30.5 Å². The zero-order chi connectivity index (χ0) is 19.9. The Bertz CT molecular complexity index is 738. The van der Waals surface area contributed by atoms with E-state index in [0.29, 0.717) is 25.3 Å². The summed E-state index contributed by atoms with van der Waals surface area (Å²) in [5.74, 6) is 0.373. The Hall–Kier alpha value is -2.51. The molecule has 0 fully saturated rings. The highest BCUT2D eigenvalue weighted by atomic mass is 19.4. The lowest BCUT2D eigenvalue weighted by Gasteiger charge is -2.23. The molecule has 0 saturated heterocycles. The van der Waals surface area contributed by atoms with Crippen molar-refractivity contribution in [2.24, 2.45) is 0 Å². The summed E-state index contributed by atoms with van der Waals surface area (Å²) in [5, 5.41) is 0. The molecule has 1 aromatic heterocycles. The average Bonchev–Trinajstić information content (AvgIpc) is 2.65. The SMILES string of the molecule is CCCOc1cccc(N(CC)c2ncc(C(F)(F)F)c(OCCC)n2)c1. The van der Waals surface area contributed by atoms with Gasteiger partial charge in [0.05, 0.1) is 13.2 Å². The van der Waals surface area contributed by atoms with Gasteiger partial charge in [-0.15, -0.1) is 0 Å². The molecular formula is C19H24F3N3O2. The number of alkyl halides is 3. The Balaban J connectivity index is 2.39. The highest BCUT2D eigenvalue weighted by molar-refractivity contribution is 5.59. The first-order chi connectivity index (χ1) is 12.9. The van der Waals surface area contributed by atoms with Crippen LogP contribution in [0.5, 0.6) is 11.6 Å². The molecule has 0 atom stereocenters. The lowest BCUT2D eigenvalue weighted by Crippen LogP contribution is -2.21. The van der Waals surface area contributed by atoms with E-state index in [0.717, 1.165) is 18.3 Å². The van der Waals surface area contributed by atoms with Crippen molar-refractivity contribution in [3.8, 4) is 11.6 Å². The van der Waals surface area contributed by atoms with Crippen molar-refractivity contribution in [1.29, 1.82) is 0 Å². The fraction of sp³-hybridized carbons (Fsp3) is 0.474. The predicted octanol–water partition coefficient (Wildman–Crippen LogP) is 5.23. The minimum atomic E-state index is -4.58. The average molecular weight is 383 g/mol. The Morgan fingerprint density at radius 1 is 1.04 bits per heavy atom. The highest BCUT2D eigenvalue weighted by Crippen LogP contribution is 2.36. The first-order valence-corrected chi connectivity index (χ1v) is 8.98. The number of nitrogens with zero attached hydrogens (tertiary/aromatic N) is 3. The van der Waals surface area contributed by atoms with E-state index in [9.17, 15) is 13.2 Å². The van der Waals surface area contributed by atoms with Gasteiger partial charge in [0, 0.05) is 24.5 Å². The van der Waals surface area contributed by atoms with Crippen molar-refractivity contribution in [2.45, 2.75) is 39.8 Å². The summed E-state index contributed by atoms with van der Waals surface area (Å²) < 4.78 is 50.4. The number of hydrogen-bond acceptors (Lipinski definition) is 5. The Morgan fingerprint density at radius 2 is 1.74 bits per heavy atom. The summed E-state index contributed by atoms with van der Waals surface area (Å²) in [6, 6.07) is 7.29. The van der Waals surface area contributed by atoms with Crippen molar-refractivity contribution in [1.82, 2.24) is 9.97 Å². The quantitative estimate of drug-likeness (QED) is 0.593. The third-order valence-electron chi connectivity index (χ3n) is 3.65. The zero-order valence-corrected chi connectivity index (χ0v) is 15.7. The third kappa shape index (κ3) is 5.48. The smallest absolute Gasteiger partial charge is 0.423 e. The number of anilines is 2. The van der Waals surface area contributed by atoms with Crippen molar-refractivity contribution in [2.75, 3.05) is 24.7 Å². The van der Waals surface area contributed by atoms with Gasteiger partial charge in [-0.05, 0) is 31.9 Å². The molecule has 0 aliphatic carbocycles. The monoisotopic (exact) mass is 383 g/mol. The molecule has 0 N–H and O–H groups in total. The molecule has 27 heavy (non-hydrogen) atoms. The van der Waals surface area contributed by atoms with Crippen LogP contribution in [0.25, 0.3) is 0 Å². The van der Waals surface area contributed by atoms with E-state index in [2.05, 4.69) is 9.97 Å². The lowest BCUT2D eigenvalue weighted by atomic mass is 10.2. The third-order valence-corrected chi connectivity index (χ3v) is 3.65. The van der Waals surface area contributed by atoms with Gasteiger partial charge >= 0.3 is 6.18 Å². The molecule has 5 nitrogen and oxygen atoms in total. The van der Waals surface area contributed by atoms with Crippen molar-refractivity contribution >= 4 is 11.6 Å². The maximum atomic E-state index is 13.2. The number of hydrogen-bond donors (Lipinski definition) is 0. The fourth-order valence-electron chi connectivity index (χ4n) is 2.39. The van der Waals surface area contributed by atoms with Crippen LogP contribution in [0.3, 0.4) is 0 Å². The topological polar surface area (TPSA) is 47.5 Å². The first-order valence-electron chi connectivity index (χ1n) is 8.98. The molecule has 2 aromatic rings. The maximum Gasteiger partial charge on any atom is 0.423 e. The van der Waals surface area contributed by atoms with Gasteiger partial charge in [-0.2, -0.15) is 18.2 Å². The Labute approximate surface area is 157 Å². The number of benzene rings is 1. The van der Waals surface area contributed by atoms with E-state index in [1.54, 1.807) is 4.90 Å². The molecule has 1 aromatic carbocycles. The molecule has 0 unspecified atom stereocenters. The van der Waals surface area contributed by atoms with Crippen LogP contribution in [0.1, 0.15) is 39.2 Å². The Kier molecular flexibility index (Phi) is 7.27. The highest BCUT2D eigenvalue weighted by Gasteiger charge is 2.36. The van der Waals surface area contributed by atoms with E-state index < -0.39 is 17.6 Å². The van der Waals surface area contributed by atoms with Gasteiger partial charge in [0.15, 0.2) is 0 Å². The second kappa shape index (κ2) is 9.43. The lowest BCUT2D eigenvalue weighted by molar-refractivity contribution is -0.139. The van der Waals surface area contributed by atoms with Gasteiger partial charge in [-0.3, -0.25) is 0 Å². The molecule has 0 spiro atoms. The summed E-state index contributed by atoms with van der Waals surface area (Å²) in [6.07, 6.45) is -2.35. The standard InChI is InChI=1S/C19H24F3N3O2/c1-4-10-26-15-9-7-8-14(12-15)25(6-3)18-23-13-16(19(20,21)22)17(24-18)27-11-5-2/h7-9,12-13H,4-6,10-11H2,1-3H3. The van der Waals surface area contributed by atoms with E-state index in [-0.39, 0.29) is 12.6 Å². The minimum Gasteiger partial charge on any atom is -0.494 e. The van der Waals surface area contributed by atoms with Crippen molar-refractivity contribution in [3.05, 3.63) is 36.0 Å². The molecule has 8 heteroatoms. The van der Waals surface area contributed by atoms with Crippen LogP contribution in [-0.2, 0) is 6.18 Å². The molecule has 0 aliphatic rings. The van der Waals surface area contributed by atoms with Crippen LogP contribution in [-0.4, -0.2) is 29.7 Å². The number of rotatable bonds is 9. The summed E-state index contributed by atoms with van der Waals surface area (Å²) in [5.41, 5.74) is -0.247. The second-order valence-electron chi connectivity index (χ2n) is 5.83. The van der Waals surface area contributed by atoms with Gasteiger partial charge in [-0.25, -0.2) is 4.98 Å². The molecule has 148 valence electrons. The Morgan fingerprint density at radius 3 is 2.37 bits per heavy atom. The number of ether oxygens (including phenoxy) is 2. The van der Waals surface area contributed by atoms with Gasteiger partial charge in [0.2, 0.25) is 11.8 Å². The number of halogens is 3. The van der Waals surface area contributed by atoms with Crippen LogP contribution in [0, 0.1) is 0 Å². The largest absolute Gasteiger partial charge is 0.494 e. The maximum absolute atomic E-state index is 13.2. The summed E-state index contributed by atoms with van der Waals surface area (Å²) >= 11 is 0. The molecular weight excluding hydrogens is 359 g/mol. The molecule has 0 amide bonds. The van der Waals surface area contributed by atoms with Crippen LogP contribution < -0.4 is 14.4 Å². The predicted molar refractivity (Wildman–Crippen MR) is 97.7 cm³/mol. The minimum absolute atomic E-state index is 0.143. The molecule has 0 bridgehead atoms. The van der Waals surface area contributed by atoms with Crippen LogP contribution in [0.4, 0.5) is 24.8 Å². The van der Waals surface area contributed by atoms with Crippen molar-refractivity contribution < 1.29 is 22.6 Å². The normalized spacial score (nSPS) is 11.3. The molecule has 0 radical (unpaired) electrons. The number of aromatic nitrogens is 2. The van der Waals surface area contributed by atoms with E-state index in [4.69, 9.17) is 9.47 Å². The summed E-state index contributed by atoms with van der Waals surface area (Å²) in [7, 11) is 0. The van der Waals surface area contributed by atoms with E-state index >= 15 is 0 Å². The zero-order valence-electron chi connectivity index (χ0n) is 15.7. The van der Waals surface area contributed by atoms with Crippen molar-refractivity contribution in [3.63, 3.8) is 0 Å². The van der Waals surface area contributed by atoms with Gasteiger partial charge in [-0.1, -0.05) is 19.9 Å². The van der Waals surface area contributed by atoms with Gasteiger partial charge in [0.25, 0.3) is 0 Å². The van der Waals surface area contributed by atoms with Crippen LogP contribution in [0.2, 0.25) is 0 Å². The van der Waals surface area contributed by atoms with Gasteiger partial charge < -0.3 is 14.4 Å².